The highest BCUT2D eigenvalue weighted by atomic mass is 16.5. The van der Waals surface area contributed by atoms with Gasteiger partial charge in [0.25, 0.3) is 0 Å². The van der Waals surface area contributed by atoms with Gasteiger partial charge in [-0.1, -0.05) is 41.6 Å². The largest absolute Gasteiger partial charge is 0.339 e. The molecule has 0 bridgehead atoms. The molecule has 148 valence electrons. The second-order valence-electron chi connectivity index (χ2n) is 7.74. The predicted octanol–water partition coefficient (Wildman–Crippen LogP) is 3.58. The number of amides is 2. The molecule has 7 nitrogen and oxygen atoms in total. The smallest absolute Gasteiger partial charge is 0.317 e. The number of likely N-dealkylation sites (tertiary alicyclic amines) is 1. The summed E-state index contributed by atoms with van der Waals surface area (Å²) >= 11 is 0. The van der Waals surface area contributed by atoms with Crippen molar-refractivity contribution in [3.8, 4) is 11.5 Å². The zero-order chi connectivity index (χ0) is 19.6. The molecule has 1 aliphatic heterocycles. The molecule has 1 aromatic carbocycles. The Kier molecular flexibility index (Phi) is 4.71. The van der Waals surface area contributed by atoms with Gasteiger partial charge in [0.05, 0.1) is 0 Å². The molecule has 1 aliphatic carbocycles. The van der Waals surface area contributed by atoms with Gasteiger partial charge in [-0.2, -0.15) is 4.98 Å². The van der Waals surface area contributed by atoms with E-state index in [1.165, 1.54) is 5.56 Å². The number of pyridine rings is 1. The van der Waals surface area contributed by atoms with Crippen molar-refractivity contribution in [1.82, 2.24) is 25.3 Å². The van der Waals surface area contributed by atoms with Crippen molar-refractivity contribution in [1.29, 1.82) is 0 Å². The lowest BCUT2D eigenvalue weighted by molar-refractivity contribution is 0.174. The van der Waals surface area contributed by atoms with Gasteiger partial charge < -0.3 is 14.7 Å². The maximum Gasteiger partial charge on any atom is 0.317 e. The van der Waals surface area contributed by atoms with E-state index in [1.54, 1.807) is 6.20 Å². The summed E-state index contributed by atoms with van der Waals surface area (Å²) in [5, 5.41) is 7.24. The van der Waals surface area contributed by atoms with Crippen LogP contribution in [-0.2, 0) is 0 Å². The molecule has 2 atom stereocenters. The Balaban J connectivity index is 1.13. The highest BCUT2D eigenvalue weighted by molar-refractivity contribution is 5.75. The molecule has 3 aromatic rings. The van der Waals surface area contributed by atoms with Gasteiger partial charge in [-0.25, -0.2) is 4.79 Å². The van der Waals surface area contributed by atoms with Crippen LogP contribution in [0, 0.1) is 0 Å². The summed E-state index contributed by atoms with van der Waals surface area (Å²) in [5.41, 5.74) is 2.01. The third kappa shape index (κ3) is 3.85. The molecule has 0 radical (unpaired) electrons. The molecule has 7 heteroatoms. The fourth-order valence-electron chi connectivity index (χ4n) is 4.00. The molecule has 2 aliphatic rings. The minimum Gasteiger partial charge on any atom is -0.339 e. The van der Waals surface area contributed by atoms with Crippen LogP contribution < -0.4 is 5.32 Å². The summed E-state index contributed by atoms with van der Waals surface area (Å²) in [6.45, 7) is 1.39. The van der Waals surface area contributed by atoms with E-state index in [-0.39, 0.29) is 18.0 Å². The van der Waals surface area contributed by atoms with Crippen LogP contribution in [0.4, 0.5) is 4.79 Å². The lowest BCUT2D eigenvalue weighted by Crippen LogP contribution is -2.45. The molecule has 0 spiro atoms. The van der Waals surface area contributed by atoms with E-state index in [1.807, 2.05) is 41.3 Å². The van der Waals surface area contributed by atoms with E-state index in [0.29, 0.717) is 36.4 Å². The number of hydrogen-bond acceptors (Lipinski definition) is 5. The zero-order valence-corrected chi connectivity index (χ0v) is 16.1. The molecule has 2 fully saturated rings. The molecule has 29 heavy (non-hydrogen) atoms. The lowest BCUT2D eigenvalue weighted by atomic mass is 9.97. The minimum absolute atomic E-state index is 0.0339. The van der Waals surface area contributed by atoms with E-state index < -0.39 is 0 Å². The minimum atomic E-state index is 0.0339. The second-order valence-corrected chi connectivity index (χ2v) is 7.74. The summed E-state index contributed by atoms with van der Waals surface area (Å²) in [7, 11) is 0. The topological polar surface area (TPSA) is 84.2 Å². The van der Waals surface area contributed by atoms with Crippen LogP contribution in [0.5, 0.6) is 0 Å². The number of benzene rings is 1. The summed E-state index contributed by atoms with van der Waals surface area (Å²) < 4.78 is 5.47. The number of carbonyl (C=O) groups excluding carboxylic acids is 1. The number of carbonyl (C=O) groups is 1. The Hall–Kier alpha value is -3.22. The molecule has 2 aromatic heterocycles. The van der Waals surface area contributed by atoms with E-state index in [2.05, 4.69) is 32.6 Å². The zero-order valence-electron chi connectivity index (χ0n) is 16.1. The van der Waals surface area contributed by atoms with E-state index in [0.717, 1.165) is 19.3 Å². The molecule has 5 rings (SSSR count). The van der Waals surface area contributed by atoms with Gasteiger partial charge in [0.1, 0.15) is 5.69 Å². The van der Waals surface area contributed by atoms with Crippen molar-refractivity contribution < 1.29 is 9.32 Å². The number of nitrogens with one attached hydrogen (secondary N) is 1. The third-order valence-corrected chi connectivity index (χ3v) is 5.79. The van der Waals surface area contributed by atoms with Gasteiger partial charge in [-0.15, -0.1) is 0 Å². The first-order valence-corrected chi connectivity index (χ1v) is 10.1. The summed E-state index contributed by atoms with van der Waals surface area (Å²) in [6.07, 6.45) is 4.38. The van der Waals surface area contributed by atoms with Crippen LogP contribution in [0.25, 0.3) is 11.5 Å². The third-order valence-electron chi connectivity index (χ3n) is 5.79. The molecule has 1 N–H and O–H groups in total. The average molecular weight is 389 g/mol. The van der Waals surface area contributed by atoms with Crippen molar-refractivity contribution >= 4 is 6.03 Å². The Morgan fingerprint density at radius 1 is 1.07 bits per heavy atom. The van der Waals surface area contributed by atoms with E-state index in [4.69, 9.17) is 4.52 Å². The van der Waals surface area contributed by atoms with Crippen molar-refractivity contribution in [2.75, 3.05) is 13.1 Å². The molecule has 1 saturated carbocycles. The maximum absolute atomic E-state index is 12.6. The predicted molar refractivity (Wildman–Crippen MR) is 107 cm³/mol. The van der Waals surface area contributed by atoms with E-state index >= 15 is 0 Å². The second kappa shape index (κ2) is 7.66. The number of urea groups is 1. The summed E-state index contributed by atoms with van der Waals surface area (Å²) in [5.74, 6) is 1.78. The van der Waals surface area contributed by atoms with Crippen molar-refractivity contribution in [2.45, 2.75) is 37.1 Å². The van der Waals surface area contributed by atoms with Crippen LogP contribution in [0.1, 0.15) is 42.6 Å². The fourth-order valence-corrected chi connectivity index (χ4v) is 4.00. The van der Waals surface area contributed by atoms with Gasteiger partial charge in [-0.05, 0) is 37.0 Å². The quantitative estimate of drug-likeness (QED) is 0.737. The van der Waals surface area contributed by atoms with Gasteiger partial charge in [0.15, 0.2) is 0 Å². The Morgan fingerprint density at radius 3 is 2.62 bits per heavy atom. The molecule has 2 amide bonds. The number of nitrogens with zero attached hydrogens (tertiary/aromatic N) is 4. The van der Waals surface area contributed by atoms with Crippen LogP contribution in [0.2, 0.25) is 0 Å². The first-order chi connectivity index (χ1) is 14.3. The highest BCUT2D eigenvalue weighted by Gasteiger charge is 2.40. The highest BCUT2D eigenvalue weighted by Crippen LogP contribution is 2.40. The first kappa shape index (κ1) is 17.8. The van der Waals surface area contributed by atoms with Crippen LogP contribution in [0.3, 0.4) is 0 Å². The van der Waals surface area contributed by atoms with Gasteiger partial charge in [0.2, 0.25) is 11.7 Å². The fraction of sp³-hybridized carbons (Fsp3) is 0.364. The van der Waals surface area contributed by atoms with Gasteiger partial charge in [0, 0.05) is 37.2 Å². The van der Waals surface area contributed by atoms with Crippen LogP contribution in [-0.4, -0.2) is 45.2 Å². The van der Waals surface area contributed by atoms with Crippen molar-refractivity contribution in [3.63, 3.8) is 0 Å². The van der Waals surface area contributed by atoms with Crippen LogP contribution in [0.15, 0.2) is 59.3 Å². The van der Waals surface area contributed by atoms with Gasteiger partial charge >= 0.3 is 6.03 Å². The molecule has 2 unspecified atom stereocenters. The van der Waals surface area contributed by atoms with Crippen molar-refractivity contribution in [2.24, 2.45) is 0 Å². The van der Waals surface area contributed by atoms with Crippen molar-refractivity contribution in [3.05, 3.63) is 66.2 Å². The molecular formula is C22H23N5O2. The molecular weight excluding hydrogens is 366 g/mol. The summed E-state index contributed by atoms with van der Waals surface area (Å²) in [6, 6.07) is 16.3. The number of hydrogen-bond donors (Lipinski definition) is 1. The van der Waals surface area contributed by atoms with Gasteiger partial charge in [-0.3, -0.25) is 4.98 Å². The summed E-state index contributed by atoms with van der Waals surface area (Å²) in [4.78, 5) is 23.3. The number of piperidine rings is 1. The Bertz CT molecular complexity index is 967. The number of rotatable bonds is 4. The number of aromatic nitrogens is 3. The SMILES string of the molecule is O=C(NC1CC1c1ccccc1)N1CCC(c2nc(-c3ccccn3)no2)CC1. The van der Waals surface area contributed by atoms with Crippen LogP contribution >= 0.6 is 0 Å². The lowest BCUT2D eigenvalue weighted by Gasteiger charge is -2.30. The normalized spacial score (nSPS) is 21.7. The monoisotopic (exact) mass is 389 g/mol. The molecule has 1 saturated heterocycles. The first-order valence-electron chi connectivity index (χ1n) is 10.1. The molecule has 3 heterocycles. The standard InChI is InChI=1S/C22H23N5O2/c28-22(24-19-14-17(19)15-6-2-1-3-7-15)27-12-9-16(10-13-27)21-25-20(26-29-21)18-8-4-5-11-23-18/h1-8,11,16-17,19H,9-10,12-14H2,(H,24,28). The Labute approximate surface area is 169 Å². The Morgan fingerprint density at radius 2 is 1.86 bits per heavy atom. The van der Waals surface area contributed by atoms with E-state index in [9.17, 15) is 4.79 Å². The maximum atomic E-state index is 12.6. The average Bonchev–Trinajstić information content (AvgIpc) is 3.37.